The van der Waals surface area contributed by atoms with Crippen molar-refractivity contribution in [3.8, 4) is 11.5 Å². The first-order valence-electron chi connectivity index (χ1n) is 9.72. The average Bonchev–Trinajstić information content (AvgIpc) is 3.21. The number of aliphatic hydroxyl groups excluding tert-OH is 3. The molecule has 0 radical (unpaired) electrons. The van der Waals surface area contributed by atoms with Crippen LogP contribution in [0, 0.1) is 0 Å². The Morgan fingerprint density at radius 2 is 2.14 bits per heavy atom. The first kappa shape index (κ1) is 21.4. The van der Waals surface area contributed by atoms with E-state index in [0.29, 0.717) is 12.2 Å². The van der Waals surface area contributed by atoms with Gasteiger partial charge in [0, 0.05) is 12.6 Å². The summed E-state index contributed by atoms with van der Waals surface area (Å²) in [5.41, 5.74) is 6.61. The van der Waals surface area contributed by atoms with E-state index >= 15 is 0 Å². The predicted octanol–water partition coefficient (Wildman–Crippen LogP) is -0.893. The van der Waals surface area contributed by atoms with Crippen molar-refractivity contribution in [2.75, 3.05) is 18.9 Å². The maximum absolute atomic E-state index is 12.0. The standard InChI is InChI=1S/C18H28N6O5/c1-2-3-4-5-20-7-10-6-12(26)23-17(22-10)13-16(19)24(9-21-13)18-15(28)14(27)11(8-25)29-18/h6,9,11,14-15,18,20,25,27-28H,2-5,7-8,19H2,1H3,(H,22,23,26)/t11-,14-,15-,18-/m1/s1. The minimum atomic E-state index is -1.29. The summed E-state index contributed by atoms with van der Waals surface area (Å²) in [7, 11) is 0. The number of hydrogen-bond acceptors (Lipinski definition) is 9. The summed E-state index contributed by atoms with van der Waals surface area (Å²) in [6.45, 7) is 2.96. The molecule has 0 spiro atoms. The van der Waals surface area contributed by atoms with E-state index in [1.807, 2.05) is 0 Å². The zero-order chi connectivity index (χ0) is 21.0. The van der Waals surface area contributed by atoms with Crippen LogP contribution < -0.4 is 16.6 Å². The third kappa shape index (κ3) is 4.65. The maximum atomic E-state index is 12.0. The van der Waals surface area contributed by atoms with E-state index in [1.165, 1.54) is 17.0 Å². The molecule has 0 amide bonds. The number of nitrogens with two attached hydrogens (primary N) is 1. The van der Waals surface area contributed by atoms with Crippen LogP contribution in [0.2, 0.25) is 0 Å². The lowest BCUT2D eigenvalue weighted by Crippen LogP contribution is -2.33. The molecule has 11 heteroatoms. The number of aliphatic hydroxyl groups is 3. The Balaban J connectivity index is 1.79. The Labute approximate surface area is 167 Å². The van der Waals surface area contributed by atoms with Crippen LogP contribution in [0.3, 0.4) is 0 Å². The lowest BCUT2D eigenvalue weighted by Gasteiger charge is -2.17. The largest absolute Gasteiger partial charge is 0.394 e. The molecule has 2 aromatic heterocycles. The van der Waals surface area contributed by atoms with Crippen molar-refractivity contribution in [1.82, 2.24) is 24.8 Å². The van der Waals surface area contributed by atoms with Crippen LogP contribution in [0.25, 0.3) is 11.5 Å². The van der Waals surface area contributed by atoms with Crippen LogP contribution >= 0.6 is 0 Å². The summed E-state index contributed by atoms with van der Waals surface area (Å²) in [6.07, 6.45) is 0.161. The molecule has 0 aromatic carbocycles. The van der Waals surface area contributed by atoms with Crippen molar-refractivity contribution in [1.29, 1.82) is 0 Å². The van der Waals surface area contributed by atoms with Gasteiger partial charge in [-0.05, 0) is 13.0 Å². The van der Waals surface area contributed by atoms with Crippen LogP contribution in [-0.4, -0.2) is 66.3 Å². The van der Waals surface area contributed by atoms with E-state index < -0.39 is 31.1 Å². The Hall–Kier alpha value is -2.31. The second-order valence-corrected chi connectivity index (χ2v) is 7.08. The monoisotopic (exact) mass is 408 g/mol. The molecule has 160 valence electrons. The molecular formula is C18H28N6O5. The number of nitrogens with zero attached hydrogens (tertiary/aromatic N) is 3. The van der Waals surface area contributed by atoms with E-state index in [2.05, 4.69) is 27.2 Å². The maximum Gasteiger partial charge on any atom is 0.251 e. The van der Waals surface area contributed by atoms with Crippen molar-refractivity contribution in [2.45, 2.75) is 57.3 Å². The van der Waals surface area contributed by atoms with E-state index in [1.54, 1.807) is 0 Å². The smallest absolute Gasteiger partial charge is 0.251 e. The minimum absolute atomic E-state index is 0.107. The predicted molar refractivity (Wildman–Crippen MR) is 105 cm³/mol. The van der Waals surface area contributed by atoms with Crippen LogP contribution in [0.5, 0.6) is 0 Å². The molecule has 0 aliphatic carbocycles. The zero-order valence-electron chi connectivity index (χ0n) is 16.3. The molecule has 29 heavy (non-hydrogen) atoms. The number of H-pyrrole nitrogens is 1. The molecule has 0 saturated carbocycles. The summed E-state index contributed by atoms with van der Waals surface area (Å²) in [6, 6.07) is 1.41. The number of aromatic amines is 1. The van der Waals surface area contributed by atoms with Crippen LogP contribution in [0.4, 0.5) is 5.82 Å². The van der Waals surface area contributed by atoms with Crippen molar-refractivity contribution in [3.63, 3.8) is 0 Å². The quantitative estimate of drug-likeness (QED) is 0.288. The Morgan fingerprint density at radius 1 is 1.34 bits per heavy atom. The molecule has 3 heterocycles. The summed E-state index contributed by atoms with van der Waals surface area (Å²) in [5, 5.41) is 32.6. The average molecular weight is 408 g/mol. The third-order valence-corrected chi connectivity index (χ3v) is 4.91. The molecule has 1 aliphatic rings. The number of aromatic nitrogens is 4. The number of rotatable bonds is 9. The van der Waals surface area contributed by atoms with E-state index in [9.17, 15) is 20.1 Å². The summed E-state index contributed by atoms with van der Waals surface area (Å²) in [4.78, 5) is 23.3. The van der Waals surface area contributed by atoms with Gasteiger partial charge in [0.15, 0.2) is 12.1 Å². The van der Waals surface area contributed by atoms with Crippen LogP contribution in [0.1, 0.15) is 38.1 Å². The lowest BCUT2D eigenvalue weighted by atomic mass is 10.1. The number of nitrogens with one attached hydrogen (secondary N) is 2. The molecule has 11 nitrogen and oxygen atoms in total. The first-order valence-corrected chi connectivity index (χ1v) is 9.72. The molecule has 7 N–H and O–H groups in total. The highest BCUT2D eigenvalue weighted by Crippen LogP contribution is 2.33. The molecule has 3 rings (SSSR count). The molecule has 0 unspecified atom stereocenters. The van der Waals surface area contributed by atoms with Crippen molar-refractivity contribution in [2.24, 2.45) is 0 Å². The molecule has 0 bridgehead atoms. The third-order valence-electron chi connectivity index (χ3n) is 4.91. The summed E-state index contributed by atoms with van der Waals surface area (Å²) < 4.78 is 6.82. The van der Waals surface area contributed by atoms with Gasteiger partial charge in [-0.3, -0.25) is 9.36 Å². The van der Waals surface area contributed by atoms with Gasteiger partial charge in [0.1, 0.15) is 29.8 Å². The number of ether oxygens (including phenoxy) is 1. The van der Waals surface area contributed by atoms with Gasteiger partial charge in [0.25, 0.3) is 5.56 Å². The van der Waals surface area contributed by atoms with Crippen LogP contribution in [-0.2, 0) is 11.3 Å². The number of anilines is 1. The molecular weight excluding hydrogens is 380 g/mol. The summed E-state index contributed by atoms with van der Waals surface area (Å²) in [5.74, 6) is 0.307. The fraction of sp³-hybridized carbons (Fsp3) is 0.611. The van der Waals surface area contributed by atoms with E-state index in [-0.39, 0.29) is 22.9 Å². The number of imidazole rings is 1. The lowest BCUT2D eigenvalue weighted by molar-refractivity contribution is -0.0517. The Bertz CT molecular complexity index is 869. The fourth-order valence-electron chi connectivity index (χ4n) is 3.29. The second-order valence-electron chi connectivity index (χ2n) is 7.08. The molecule has 4 atom stereocenters. The highest BCUT2D eigenvalue weighted by molar-refractivity contribution is 5.64. The molecule has 1 aliphatic heterocycles. The zero-order valence-corrected chi connectivity index (χ0v) is 16.3. The highest BCUT2D eigenvalue weighted by atomic mass is 16.6. The normalized spacial score (nSPS) is 24.3. The van der Waals surface area contributed by atoms with Crippen molar-refractivity contribution < 1.29 is 20.1 Å². The second kappa shape index (κ2) is 9.46. The van der Waals surface area contributed by atoms with E-state index in [0.717, 1.165) is 25.8 Å². The van der Waals surface area contributed by atoms with Gasteiger partial charge in [-0.1, -0.05) is 19.8 Å². The Kier molecular flexibility index (Phi) is 6.98. The van der Waals surface area contributed by atoms with Crippen molar-refractivity contribution >= 4 is 5.82 Å². The van der Waals surface area contributed by atoms with Gasteiger partial charge in [-0.2, -0.15) is 0 Å². The van der Waals surface area contributed by atoms with Gasteiger partial charge in [-0.25, -0.2) is 9.97 Å². The SMILES string of the molecule is CCCCCNCc1cc(=O)[nH]c(-c2ncn([C@@H]3O[C@H](CO)[C@@H](O)[C@H]3O)c2N)n1. The first-order chi connectivity index (χ1) is 14.0. The highest BCUT2D eigenvalue weighted by Gasteiger charge is 2.44. The van der Waals surface area contributed by atoms with Crippen LogP contribution in [0.15, 0.2) is 17.2 Å². The molecule has 1 fully saturated rings. The molecule has 2 aromatic rings. The Morgan fingerprint density at radius 3 is 2.83 bits per heavy atom. The topological polar surface area (TPSA) is 172 Å². The van der Waals surface area contributed by atoms with Gasteiger partial charge in [0.2, 0.25) is 0 Å². The number of nitrogen functional groups attached to an aromatic ring is 1. The fourth-order valence-corrected chi connectivity index (χ4v) is 3.29. The van der Waals surface area contributed by atoms with Gasteiger partial charge >= 0.3 is 0 Å². The van der Waals surface area contributed by atoms with Crippen molar-refractivity contribution in [3.05, 3.63) is 28.4 Å². The van der Waals surface area contributed by atoms with E-state index in [4.69, 9.17) is 10.5 Å². The number of hydrogen-bond donors (Lipinski definition) is 6. The minimum Gasteiger partial charge on any atom is -0.394 e. The van der Waals surface area contributed by atoms with Gasteiger partial charge in [-0.15, -0.1) is 0 Å². The number of unbranched alkanes of at least 4 members (excludes halogenated alkanes) is 2. The summed E-state index contributed by atoms with van der Waals surface area (Å²) >= 11 is 0. The van der Waals surface area contributed by atoms with Gasteiger partial charge < -0.3 is 36.1 Å². The molecule has 1 saturated heterocycles. The van der Waals surface area contributed by atoms with Gasteiger partial charge in [0.05, 0.1) is 18.6 Å².